The third kappa shape index (κ3) is 2.40. The number of ether oxygens (including phenoxy) is 2. The molecule has 4 heteroatoms. The molecule has 2 aromatic rings. The fraction of sp³-hybridized carbons (Fsp3) is 0.250. The average Bonchev–Trinajstić information content (AvgIpc) is 2.78. The quantitative estimate of drug-likeness (QED) is 0.816. The second-order valence-corrected chi connectivity index (χ2v) is 4.17. The Morgan fingerprint density at radius 3 is 2.94 bits per heavy atom. The number of nitrogens with zero attached hydrogens (tertiary/aromatic N) is 1. The fourth-order valence-electron chi connectivity index (χ4n) is 1.41. The first kappa shape index (κ1) is 11.1. The van der Waals surface area contributed by atoms with Gasteiger partial charge in [-0.3, -0.25) is 0 Å². The van der Waals surface area contributed by atoms with Crippen molar-refractivity contribution in [3.05, 3.63) is 35.3 Å². The maximum atomic E-state index is 5.18. The summed E-state index contributed by atoms with van der Waals surface area (Å²) in [6.07, 6.45) is 0. The minimum absolute atomic E-state index is 0.556. The standard InChI is InChI=1S/C12H13NO2S/c1-14-7-10-8-16-12(13-10)9-4-3-5-11(6-9)15-2/h3-6,8H,7H2,1-2H3. The van der Waals surface area contributed by atoms with Gasteiger partial charge >= 0.3 is 0 Å². The molecule has 1 aromatic heterocycles. The molecule has 0 aliphatic heterocycles. The molecule has 3 nitrogen and oxygen atoms in total. The molecule has 0 aliphatic rings. The van der Waals surface area contributed by atoms with E-state index in [0.717, 1.165) is 22.0 Å². The number of aromatic nitrogens is 1. The van der Waals surface area contributed by atoms with E-state index in [4.69, 9.17) is 9.47 Å². The van der Waals surface area contributed by atoms with Crippen molar-refractivity contribution in [1.29, 1.82) is 0 Å². The van der Waals surface area contributed by atoms with Crippen molar-refractivity contribution in [1.82, 2.24) is 4.98 Å². The first-order chi connectivity index (χ1) is 7.83. The Morgan fingerprint density at radius 1 is 1.31 bits per heavy atom. The van der Waals surface area contributed by atoms with Crippen LogP contribution < -0.4 is 4.74 Å². The van der Waals surface area contributed by atoms with Crippen LogP contribution in [0.25, 0.3) is 10.6 Å². The van der Waals surface area contributed by atoms with Crippen molar-refractivity contribution in [3.63, 3.8) is 0 Å². The molecular weight excluding hydrogens is 222 g/mol. The van der Waals surface area contributed by atoms with Gasteiger partial charge < -0.3 is 9.47 Å². The number of thiazole rings is 1. The lowest BCUT2D eigenvalue weighted by Crippen LogP contribution is -1.87. The van der Waals surface area contributed by atoms with E-state index in [0.29, 0.717) is 6.61 Å². The first-order valence-corrected chi connectivity index (χ1v) is 5.79. The van der Waals surface area contributed by atoms with E-state index in [1.807, 2.05) is 29.6 Å². The lowest BCUT2D eigenvalue weighted by molar-refractivity contribution is 0.182. The number of methoxy groups -OCH3 is 2. The molecular formula is C12H13NO2S. The van der Waals surface area contributed by atoms with Crippen LogP contribution in [-0.2, 0) is 11.3 Å². The van der Waals surface area contributed by atoms with Crippen LogP contribution in [0.4, 0.5) is 0 Å². The van der Waals surface area contributed by atoms with Gasteiger partial charge in [0.25, 0.3) is 0 Å². The normalized spacial score (nSPS) is 10.4. The first-order valence-electron chi connectivity index (χ1n) is 4.91. The van der Waals surface area contributed by atoms with Gasteiger partial charge in [0.05, 0.1) is 19.4 Å². The van der Waals surface area contributed by atoms with Crippen LogP contribution in [0.1, 0.15) is 5.69 Å². The number of hydrogen-bond donors (Lipinski definition) is 0. The molecule has 1 aromatic carbocycles. The maximum absolute atomic E-state index is 5.18. The van der Waals surface area contributed by atoms with Crippen molar-refractivity contribution in [2.45, 2.75) is 6.61 Å². The Bertz CT molecular complexity index is 468. The summed E-state index contributed by atoms with van der Waals surface area (Å²) in [5.74, 6) is 0.848. The van der Waals surface area contributed by atoms with Crippen molar-refractivity contribution >= 4 is 11.3 Å². The van der Waals surface area contributed by atoms with Gasteiger partial charge in [0.1, 0.15) is 10.8 Å². The summed E-state index contributed by atoms with van der Waals surface area (Å²) in [6.45, 7) is 0.556. The van der Waals surface area contributed by atoms with Crippen LogP contribution in [-0.4, -0.2) is 19.2 Å². The molecule has 16 heavy (non-hydrogen) atoms. The van der Waals surface area contributed by atoms with Crippen LogP contribution in [0.5, 0.6) is 5.75 Å². The second-order valence-electron chi connectivity index (χ2n) is 3.31. The predicted molar refractivity (Wildman–Crippen MR) is 64.8 cm³/mol. The van der Waals surface area contributed by atoms with Gasteiger partial charge in [0.15, 0.2) is 0 Å². The molecule has 0 amide bonds. The maximum Gasteiger partial charge on any atom is 0.123 e. The third-order valence-electron chi connectivity index (χ3n) is 2.16. The van der Waals surface area contributed by atoms with E-state index in [2.05, 4.69) is 4.98 Å². The van der Waals surface area contributed by atoms with E-state index < -0.39 is 0 Å². The molecule has 0 bridgehead atoms. The third-order valence-corrected chi connectivity index (χ3v) is 3.10. The summed E-state index contributed by atoms with van der Waals surface area (Å²) < 4.78 is 10.2. The molecule has 0 N–H and O–H groups in total. The second kappa shape index (κ2) is 5.09. The summed E-state index contributed by atoms with van der Waals surface area (Å²) in [6, 6.07) is 7.89. The highest BCUT2D eigenvalue weighted by atomic mass is 32.1. The van der Waals surface area contributed by atoms with E-state index in [1.54, 1.807) is 25.6 Å². The number of rotatable bonds is 4. The molecule has 0 saturated carbocycles. The molecule has 0 spiro atoms. The van der Waals surface area contributed by atoms with Crippen LogP contribution in [0.2, 0.25) is 0 Å². The predicted octanol–water partition coefficient (Wildman–Crippen LogP) is 2.97. The van der Waals surface area contributed by atoms with Gasteiger partial charge in [0.2, 0.25) is 0 Å². The fourth-order valence-corrected chi connectivity index (χ4v) is 2.21. The van der Waals surface area contributed by atoms with Gasteiger partial charge in [-0.2, -0.15) is 0 Å². The zero-order valence-corrected chi connectivity index (χ0v) is 10.1. The summed E-state index contributed by atoms with van der Waals surface area (Å²) in [4.78, 5) is 4.48. The zero-order chi connectivity index (χ0) is 11.4. The van der Waals surface area contributed by atoms with Gasteiger partial charge in [-0.1, -0.05) is 12.1 Å². The largest absolute Gasteiger partial charge is 0.497 e. The van der Waals surface area contributed by atoms with Gasteiger partial charge in [-0.05, 0) is 12.1 Å². The lowest BCUT2D eigenvalue weighted by atomic mass is 10.2. The Morgan fingerprint density at radius 2 is 2.19 bits per heavy atom. The van der Waals surface area contributed by atoms with E-state index in [1.165, 1.54) is 0 Å². The monoisotopic (exact) mass is 235 g/mol. The van der Waals surface area contributed by atoms with E-state index >= 15 is 0 Å². The highest BCUT2D eigenvalue weighted by Gasteiger charge is 2.05. The summed E-state index contributed by atoms with van der Waals surface area (Å²) in [5, 5.41) is 3.00. The molecule has 84 valence electrons. The van der Waals surface area contributed by atoms with Gasteiger partial charge in [-0.25, -0.2) is 4.98 Å². The molecule has 0 saturated heterocycles. The van der Waals surface area contributed by atoms with Crippen molar-refractivity contribution < 1.29 is 9.47 Å². The molecule has 0 atom stereocenters. The highest BCUT2D eigenvalue weighted by molar-refractivity contribution is 7.13. The Balaban J connectivity index is 2.27. The van der Waals surface area contributed by atoms with E-state index in [-0.39, 0.29) is 0 Å². The summed E-state index contributed by atoms with van der Waals surface area (Å²) in [5.41, 5.74) is 2.04. The van der Waals surface area contributed by atoms with Crippen LogP contribution in [0.3, 0.4) is 0 Å². The summed E-state index contributed by atoms with van der Waals surface area (Å²) in [7, 11) is 3.34. The average molecular weight is 235 g/mol. The van der Waals surface area contributed by atoms with Gasteiger partial charge in [-0.15, -0.1) is 11.3 Å². The summed E-state index contributed by atoms with van der Waals surface area (Å²) >= 11 is 1.62. The Hall–Kier alpha value is -1.39. The minimum atomic E-state index is 0.556. The van der Waals surface area contributed by atoms with Crippen LogP contribution >= 0.6 is 11.3 Å². The van der Waals surface area contributed by atoms with Crippen LogP contribution in [0.15, 0.2) is 29.6 Å². The topological polar surface area (TPSA) is 31.4 Å². The van der Waals surface area contributed by atoms with Crippen LogP contribution in [0, 0.1) is 0 Å². The Kier molecular flexibility index (Phi) is 3.54. The molecule has 2 rings (SSSR count). The Labute approximate surface area is 98.7 Å². The molecule has 0 aliphatic carbocycles. The zero-order valence-electron chi connectivity index (χ0n) is 9.27. The number of benzene rings is 1. The van der Waals surface area contributed by atoms with Crippen molar-refractivity contribution in [2.75, 3.05) is 14.2 Å². The highest BCUT2D eigenvalue weighted by Crippen LogP contribution is 2.26. The lowest BCUT2D eigenvalue weighted by Gasteiger charge is -2.01. The smallest absolute Gasteiger partial charge is 0.123 e. The van der Waals surface area contributed by atoms with E-state index in [9.17, 15) is 0 Å². The molecule has 0 unspecified atom stereocenters. The van der Waals surface area contributed by atoms with Gasteiger partial charge in [0, 0.05) is 18.1 Å². The number of hydrogen-bond acceptors (Lipinski definition) is 4. The SMILES string of the molecule is COCc1csc(-c2cccc(OC)c2)n1. The molecule has 1 heterocycles. The minimum Gasteiger partial charge on any atom is -0.497 e. The van der Waals surface area contributed by atoms with Crippen molar-refractivity contribution in [3.8, 4) is 16.3 Å². The molecule has 0 fully saturated rings. The van der Waals surface area contributed by atoms with Crippen molar-refractivity contribution in [2.24, 2.45) is 0 Å². The molecule has 0 radical (unpaired) electrons.